The highest BCUT2D eigenvalue weighted by atomic mass is 16.1. The van der Waals surface area contributed by atoms with Crippen molar-refractivity contribution in [2.45, 2.75) is 52.4 Å². The fraction of sp³-hybridized carbons (Fsp3) is 0.588. The van der Waals surface area contributed by atoms with Gasteiger partial charge in [-0.05, 0) is 42.2 Å². The average Bonchev–Trinajstić information content (AvgIpc) is 2.28. The van der Waals surface area contributed by atoms with Gasteiger partial charge in [0.25, 0.3) is 0 Å². The number of rotatable bonds is 2. The molecule has 2 atom stereocenters. The highest BCUT2D eigenvalue weighted by molar-refractivity contribution is 5.83. The third-order valence-electron chi connectivity index (χ3n) is 4.60. The molecule has 1 aliphatic rings. The zero-order valence-corrected chi connectivity index (χ0v) is 12.0. The van der Waals surface area contributed by atoms with Crippen molar-refractivity contribution in [1.29, 1.82) is 0 Å². The van der Waals surface area contributed by atoms with Crippen molar-refractivity contribution in [3.8, 4) is 0 Å². The molecule has 1 aliphatic carbocycles. The molecule has 1 aromatic rings. The minimum absolute atomic E-state index is 0.0391. The third-order valence-corrected chi connectivity index (χ3v) is 4.60. The molecule has 0 amide bonds. The third kappa shape index (κ3) is 2.36. The van der Waals surface area contributed by atoms with Crippen LogP contribution < -0.4 is 0 Å². The van der Waals surface area contributed by atoms with Crippen LogP contribution in [0.5, 0.6) is 0 Å². The Morgan fingerprint density at radius 2 is 1.83 bits per heavy atom. The zero-order chi connectivity index (χ0) is 13.3. The Balaban J connectivity index is 2.31. The minimum atomic E-state index is -0.0391. The van der Waals surface area contributed by atoms with E-state index in [4.69, 9.17) is 0 Å². The molecule has 0 aliphatic heterocycles. The van der Waals surface area contributed by atoms with Crippen LogP contribution in [-0.2, 0) is 10.2 Å². The Bertz CT molecular complexity index is 445. The fourth-order valence-corrected chi connectivity index (χ4v) is 3.45. The summed E-state index contributed by atoms with van der Waals surface area (Å²) < 4.78 is 0. The van der Waals surface area contributed by atoms with Gasteiger partial charge in [0.1, 0.15) is 5.78 Å². The maximum absolute atomic E-state index is 12.3. The largest absolute Gasteiger partial charge is 0.299 e. The molecule has 2 rings (SSSR count). The highest BCUT2D eigenvalue weighted by Crippen LogP contribution is 2.41. The van der Waals surface area contributed by atoms with Crippen molar-refractivity contribution in [3.63, 3.8) is 0 Å². The van der Waals surface area contributed by atoms with Crippen LogP contribution in [0, 0.1) is 18.8 Å². The van der Waals surface area contributed by atoms with E-state index in [1.807, 2.05) is 0 Å². The number of hydrogen-bond donors (Lipinski definition) is 0. The van der Waals surface area contributed by atoms with Crippen LogP contribution in [0.15, 0.2) is 24.3 Å². The summed E-state index contributed by atoms with van der Waals surface area (Å²) in [6, 6.07) is 8.48. The topological polar surface area (TPSA) is 17.1 Å². The predicted octanol–water partition coefficient (Wildman–Crippen LogP) is 4.28. The summed E-state index contributed by atoms with van der Waals surface area (Å²) >= 11 is 0. The second-order valence-corrected chi connectivity index (χ2v) is 6.44. The molecule has 98 valence electrons. The van der Waals surface area contributed by atoms with Gasteiger partial charge in [0.2, 0.25) is 0 Å². The number of carbonyl (C=O) groups excluding carboxylic acids is 1. The lowest BCUT2D eigenvalue weighted by Gasteiger charge is -2.38. The number of aryl methyl sites for hydroxylation is 1. The van der Waals surface area contributed by atoms with E-state index in [0.29, 0.717) is 11.7 Å². The number of benzene rings is 1. The molecular weight excluding hydrogens is 220 g/mol. The molecule has 0 radical (unpaired) electrons. The lowest BCUT2D eigenvalue weighted by atomic mass is 9.64. The van der Waals surface area contributed by atoms with Crippen molar-refractivity contribution in [1.82, 2.24) is 0 Å². The van der Waals surface area contributed by atoms with Gasteiger partial charge in [-0.3, -0.25) is 4.79 Å². The van der Waals surface area contributed by atoms with Crippen molar-refractivity contribution >= 4 is 5.78 Å². The molecule has 1 nitrogen and oxygen atoms in total. The van der Waals surface area contributed by atoms with Gasteiger partial charge in [-0.25, -0.2) is 0 Å². The van der Waals surface area contributed by atoms with Gasteiger partial charge >= 0.3 is 0 Å². The van der Waals surface area contributed by atoms with Crippen LogP contribution in [0.25, 0.3) is 0 Å². The van der Waals surface area contributed by atoms with Gasteiger partial charge in [-0.1, -0.05) is 45.0 Å². The quantitative estimate of drug-likeness (QED) is 0.759. The monoisotopic (exact) mass is 244 g/mol. The van der Waals surface area contributed by atoms with E-state index in [1.54, 1.807) is 0 Å². The van der Waals surface area contributed by atoms with E-state index >= 15 is 0 Å². The first kappa shape index (κ1) is 13.3. The van der Waals surface area contributed by atoms with Gasteiger partial charge in [0.05, 0.1) is 0 Å². The van der Waals surface area contributed by atoms with E-state index in [9.17, 15) is 4.79 Å². The number of ketones is 1. The lowest BCUT2D eigenvalue weighted by Crippen LogP contribution is -2.38. The molecule has 0 bridgehead atoms. The van der Waals surface area contributed by atoms with Gasteiger partial charge in [0, 0.05) is 12.3 Å². The molecule has 0 heterocycles. The lowest BCUT2D eigenvalue weighted by molar-refractivity contribution is -0.128. The summed E-state index contributed by atoms with van der Waals surface area (Å²) in [6.45, 7) is 8.80. The van der Waals surface area contributed by atoms with Gasteiger partial charge in [-0.2, -0.15) is 0 Å². The Morgan fingerprint density at radius 1 is 1.17 bits per heavy atom. The van der Waals surface area contributed by atoms with E-state index in [-0.39, 0.29) is 11.3 Å². The van der Waals surface area contributed by atoms with Crippen LogP contribution in [0.4, 0.5) is 0 Å². The summed E-state index contributed by atoms with van der Waals surface area (Å²) in [5, 5.41) is 0. The van der Waals surface area contributed by atoms with Crippen LogP contribution >= 0.6 is 0 Å². The molecule has 2 unspecified atom stereocenters. The molecule has 1 aromatic carbocycles. The standard InChI is InChI=1S/C17H24O/c1-12-9-10-15(16(18)11-12)17(3,4)14-8-6-5-7-13(14)2/h5-8,12,15H,9-11H2,1-4H3. The fourth-order valence-electron chi connectivity index (χ4n) is 3.45. The predicted molar refractivity (Wildman–Crippen MR) is 75.7 cm³/mol. The van der Waals surface area contributed by atoms with E-state index in [1.165, 1.54) is 17.5 Å². The highest BCUT2D eigenvalue weighted by Gasteiger charge is 2.39. The second-order valence-electron chi connectivity index (χ2n) is 6.44. The molecule has 0 aromatic heterocycles. The van der Waals surface area contributed by atoms with Crippen molar-refractivity contribution < 1.29 is 4.79 Å². The van der Waals surface area contributed by atoms with Gasteiger partial charge in [-0.15, -0.1) is 0 Å². The first-order valence-corrected chi connectivity index (χ1v) is 7.01. The van der Waals surface area contributed by atoms with Crippen LogP contribution in [-0.4, -0.2) is 5.78 Å². The zero-order valence-electron chi connectivity index (χ0n) is 12.0. The number of Topliss-reactive ketones (excluding diaryl/α,β-unsaturated/α-hetero) is 1. The Hall–Kier alpha value is -1.11. The maximum Gasteiger partial charge on any atom is 0.137 e. The summed E-state index contributed by atoms with van der Waals surface area (Å²) in [4.78, 5) is 12.3. The van der Waals surface area contributed by atoms with Gasteiger partial charge < -0.3 is 0 Å². The molecule has 1 heteroatoms. The van der Waals surface area contributed by atoms with E-state index in [0.717, 1.165) is 12.8 Å². The first-order valence-electron chi connectivity index (χ1n) is 7.01. The summed E-state index contributed by atoms with van der Waals surface area (Å²) in [5.74, 6) is 1.22. The van der Waals surface area contributed by atoms with Crippen LogP contribution in [0.3, 0.4) is 0 Å². The number of hydrogen-bond acceptors (Lipinski definition) is 1. The molecule has 18 heavy (non-hydrogen) atoms. The Kier molecular flexibility index (Phi) is 3.61. The smallest absolute Gasteiger partial charge is 0.137 e. The van der Waals surface area contributed by atoms with Crippen molar-refractivity contribution in [2.75, 3.05) is 0 Å². The van der Waals surface area contributed by atoms with Crippen molar-refractivity contribution in [2.24, 2.45) is 11.8 Å². The Morgan fingerprint density at radius 3 is 2.44 bits per heavy atom. The first-order chi connectivity index (χ1) is 8.43. The maximum atomic E-state index is 12.3. The average molecular weight is 244 g/mol. The SMILES string of the molecule is Cc1ccccc1C(C)(C)C1CCC(C)CC1=O. The molecule has 0 spiro atoms. The molecule has 0 saturated heterocycles. The molecule has 0 N–H and O–H groups in total. The molecule has 1 fully saturated rings. The molecular formula is C17H24O. The van der Waals surface area contributed by atoms with Crippen LogP contribution in [0.2, 0.25) is 0 Å². The van der Waals surface area contributed by atoms with Crippen LogP contribution in [0.1, 0.15) is 51.2 Å². The summed E-state index contributed by atoms with van der Waals surface area (Å²) in [7, 11) is 0. The van der Waals surface area contributed by atoms with Crippen molar-refractivity contribution in [3.05, 3.63) is 35.4 Å². The van der Waals surface area contributed by atoms with Gasteiger partial charge in [0.15, 0.2) is 0 Å². The minimum Gasteiger partial charge on any atom is -0.299 e. The second kappa shape index (κ2) is 4.87. The summed E-state index contributed by atoms with van der Waals surface area (Å²) in [5.41, 5.74) is 2.59. The Labute approximate surface area is 111 Å². The normalized spacial score (nSPS) is 25.2. The van der Waals surface area contributed by atoms with E-state index in [2.05, 4.69) is 52.0 Å². The molecule has 1 saturated carbocycles. The number of carbonyl (C=O) groups is 1. The van der Waals surface area contributed by atoms with E-state index < -0.39 is 0 Å². The summed E-state index contributed by atoms with van der Waals surface area (Å²) in [6.07, 6.45) is 2.99.